The minimum Gasteiger partial charge on any atom is -0.303 e. The second-order valence-corrected chi connectivity index (χ2v) is 8.65. The van der Waals surface area contributed by atoms with Crippen molar-refractivity contribution in [3.8, 4) is 0 Å². The summed E-state index contributed by atoms with van der Waals surface area (Å²) in [5.41, 5.74) is 0. The molecular formula is C19H36N2. The molecule has 0 aromatic heterocycles. The van der Waals surface area contributed by atoms with Gasteiger partial charge in [0.2, 0.25) is 0 Å². The van der Waals surface area contributed by atoms with Crippen molar-refractivity contribution in [2.24, 2.45) is 17.8 Å². The average Bonchev–Trinajstić information content (AvgIpc) is 2.72. The smallest absolute Gasteiger partial charge is 0.0105 e. The van der Waals surface area contributed by atoms with Gasteiger partial charge >= 0.3 is 0 Å². The molecule has 0 aromatic rings. The number of likely N-dealkylation sites (tertiary alicyclic amines) is 1. The van der Waals surface area contributed by atoms with Crippen molar-refractivity contribution in [2.75, 3.05) is 19.6 Å². The lowest BCUT2D eigenvalue weighted by Gasteiger charge is -2.43. The van der Waals surface area contributed by atoms with E-state index in [9.17, 15) is 0 Å². The van der Waals surface area contributed by atoms with E-state index in [2.05, 4.69) is 37.5 Å². The molecule has 21 heavy (non-hydrogen) atoms. The van der Waals surface area contributed by atoms with Gasteiger partial charge in [-0.25, -0.2) is 0 Å². The van der Waals surface area contributed by atoms with E-state index in [-0.39, 0.29) is 0 Å². The molecule has 3 aliphatic heterocycles. The Hall–Kier alpha value is -0.0800. The third-order valence-electron chi connectivity index (χ3n) is 6.57. The summed E-state index contributed by atoms with van der Waals surface area (Å²) in [5.74, 6) is 2.85. The maximum atomic E-state index is 2.83. The van der Waals surface area contributed by atoms with Crippen LogP contribution in [0.25, 0.3) is 0 Å². The molecule has 2 heteroatoms. The first kappa shape index (κ1) is 15.8. The SMILES string of the molecule is CC(C)C1CCN(CC2CC3CCC(C2)N3C(C)C)CC1. The average molecular weight is 293 g/mol. The van der Waals surface area contributed by atoms with E-state index >= 15 is 0 Å². The van der Waals surface area contributed by atoms with Gasteiger partial charge in [0.1, 0.15) is 0 Å². The van der Waals surface area contributed by atoms with Crippen LogP contribution in [0.15, 0.2) is 0 Å². The predicted octanol–water partition coefficient (Wildman–Crippen LogP) is 4.01. The first-order valence-corrected chi connectivity index (χ1v) is 9.54. The summed E-state index contributed by atoms with van der Waals surface area (Å²) in [6, 6.07) is 2.56. The van der Waals surface area contributed by atoms with E-state index in [1.165, 1.54) is 58.2 Å². The van der Waals surface area contributed by atoms with Crippen LogP contribution in [0.5, 0.6) is 0 Å². The highest BCUT2D eigenvalue weighted by atomic mass is 15.2. The zero-order valence-corrected chi connectivity index (χ0v) is 14.7. The molecule has 0 saturated carbocycles. The summed E-state index contributed by atoms with van der Waals surface area (Å²) in [4.78, 5) is 5.62. The Morgan fingerprint density at radius 3 is 1.90 bits per heavy atom. The van der Waals surface area contributed by atoms with Crippen LogP contribution >= 0.6 is 0 Å². The van der Waals surface area contributed by atoms with Crippen LogP contribution < -0.4 is 0 Å². The minimum atomic E-state index is 0.755. The van der Waals surface area contributed by atoms with Crippen molar-refractivity contribution < 1.29 is 0 Å². The Labute approximate surface area is 132 Å². The summed E-state index contributed by atoms with van der Waals surface area (Å²) in [6.45, 7) is 13.7. The van der Waals surface area contributed by atoms with Gasteiger partial charge in [-0.05, 0) is 83.2 Å². The summed E-state index contributed by atoms with van der Waals surface area (Å²) in [7, 11) is 0. The van der Waals surface area contributed by atoms with Gasteiger partial charge in [-0.3, -0.25) is 4.90 Å². The van der Waals surface area contributed by atoms with Crippen molar-refractivity contribution in [3.05, 3.63) is 0 Å². The van der Waals surface area contributed by atoms with Gasteiger partial charge < -0.3 is 4.90 Å². The summed E-state index contributed by atoms with van der Waals surface area (Å²) < 4.78 is 0. The fourth-order valence-corrected chi connectivity index (χ4v) is 5.49. The molecule has 3 fully saturated rings. The van der Waals surface area contributed by atoms with Crippen LogP contribution in [0.2, 0.25) is 0 Å². The highest BCUT2D eigenvalue weighted by Crippen LogP contribution is 2.40. The van der Waals surface area contributed by atoms with E-state index in [1.807, 2.05) is 0 Å². The summed E-state index contributed by atoms with van der Waals surface area (Å²) in [5, 5.41) is 0. The lowest BCUT2D eigenvalue weighted by molar-refractivity contribution is 0.0502. The Balaban J connectivity index is 1.48. The number of nitrogens with zero attached hydrogens (tertiary/aromatic N) is 2. The van der Waals surface area contributed by atoms with Crippen molar-refractivity contribution in [3.63, 3.8) is 0 Å². The summed E-state index contributed by atoms with van der Waals surface area (Å²) in [6.07, 6.45) is 8.76. The molecule has 0 aromatic carbocycles. The first-order chi connectivity index (χ1) is 10.0. The summed E-state index contributed by atoms with van der Waals surface area (Å²) >= 11 is 0. The van der Waals surface area contributed by atoms with Crippen LogP contribution in [0.4, 0.5) is 0 Å². The predicted molar refractivity (Wildman–Crippen MR) is 90.5 cm³/mol. The van der Waals surface area contributed by atoms with E-state index in [0.29, 0.717) is 0 Å². The lowest BCUT2D eigenvalue weighted by Crippen LogP contribution is -2.49. The first-order valence-electron chi connectivity index (χ1n) is 9.54. The molecule has 2 atom stereocenters. The molecule has 2 unspecified atom stereocenters. The highest BCUT2D eigenvalue weighted by molar-refractivity contribution is 4.97. The molecule has 0 aliphatic carbocycles. The van der Waals surface area contributed by atoms with Gasteiger partial charge in [0.15, 0.2) is 0 Å². The fourth-order valence-electron chi connectivity index (χ4n) is 5.49. The molecule has 3 saturated heterocycles. The Kier molecular flexibility index (Phi) is 4.95. The van der Waals surface area contributed by atoms with E-state index < -0.39 is 0 Å². The Morgan fingerprint density at radius 1 is 0.857 bits per heavy atom. The van der Waals surface area contributed by atoms with E-state index in [4.69, 9.17) is 0 Å². The number of hydrogen-bond donors (Lipinski definition) is 0. The molecule has 122 valence electrons. The largest absolute Gasteiger partial charge is 0.303 e. The van der Waals surface area contributed by atoms with Crippen molar-refractivity contribution in [1.82, 2.24) is 9.80 Å². The molecule has 0 spiro atoms. The van der Waals surface area contributed by atoms with Gasteiger partial charge in [0, 0.05) is 24.7 Å². The topological polar surface area (TPSA) is 6.48 Å². The van der Waals surface area contributed by atoms with Crippen LogP contribution in [-0.4, -0.2) is 47.6 Å². The van der Waals surface area contributed by atoms with Crippen molar-refractivity contribution in [2.45, 2.75) is 84.3 Å². The molecule has 3 aliphatic rings. The standard InChI is InChI=1S/C19H36N2/c1-14(2)17-7-9-20(10-8-17)13-16-11-18-5-6-19(12-16)21(18)15(3)4/h14-19H,5-13H2,1-4H3. The zero-order valence-electron chi connectivity index (χ0n) is 14.7. The van der Waals surface area contributed by atoms with E-state index in [1.54, 1.807) is 0 Å². The molecular weight excluding hydrogens is 256 g/mol. The van der Waals surface area contributed by atoms with Crippen molar-refractivity contribution >= 4 is 0 Å². The maximum Gasteiger partial charge on any atom is 0.0105 e. The number of fused-ring (bicyclic) bond motifs is 2. The van der Waals surface area contributed by atoms with Gasteiger partial charge in [-0.1, -0.05) is 13.8 Å². The Bertz CT molecular complexity index is 316. The van der Waals surface area contributed by atoms with Crippen LogP contribution in [0.1, 0.15) is 66.2 Å². The van der Waals surface area contributed by atoms with Gasteiger partial charge in [0.25, 0.3) is 0 Å². The highest BCUT2D eigenvalue weighted by Gasteiger charge is 2.42. The van der Waals surface area contributed by atoms with Gasteiger partial charge in [-0.15, -0.1) is 0 Å². The van der Waals surface area contributed by atoms with Crippen LogP contribution in [0.3, 0.4) is 0 Å². The fraction of sp³-hybridized carbons (Fsp3) is 1.00. The Morgan fingerprint density at radius 2 is 1.43 bits per heavy atom. The molecule has 3 rings (SSSR count). The third kappa shape index (κ3) is 3.47. The van der Waals surface area contributed by atoms with E-state index in [0.717, 1.165) is 35.9 Å². The van der Waals surface area contributed by atoms with Gasteiger partial charge in [0.05, 0.1) is 0 Å². The molecule has 0 amide bonds. The quantitative estimate of drug-likeness (QED) is 0.772. The van der Waals surface area contributed by atoms with Gasteiger partial charge in [-0.2, -0.15) is 0 Å². The zero-order chi connectivity index (χ0) is 15.0. The second kappa shape index (κ2) is 6.58. The van der Waals surface area contributed by atoms with Crippen molar-refractivity contribution in [1.29, 1.82) is 0 Å². The minimum absolute atomic E-state index is 0.755. The number of rotatable bonds is 4. The molecule has 0 N–H and O–H groups in total. The second-order valence-electron chi connectivity index (χ2n) is 8.65. The molecule has 3 heterocycles. The number of hydrogen-bond acceptors (Lipinski definition) is 2. The van der Waals surface area contributed by atoms with Crippen LogP contribution in [0, 0.1) is 17.8 Å². The normalized spacial score (nSPS) is 36.0. The van der Waals surface area contributed by atoms with Crippen LogP contribution in [-0.2, 0) is 0 Å². The third-order valence-corrected chi connectivity index (χ3v) is 6.57. The molecule has 2 nitrogen and oxygen atoms in total. The monoisotopic (exact) mass is 292 g/mol. The maximum absolute atomic E-state index is 2.83. The number of piperidine rings is 2. The molecule has 0 radical (unpaired) electrons. The molecule has 2 bridgehead atoms. The lowest BCUT2D eigenvalue weighted by atomic mass is 9.85.